The van der Waals surface area contributed by atoms with Gasteiger partial charge in [-0.2, -0.15) is 0 Å². The minimum absolute atomic E-state index is 0.0141. The van der Waals surface area contributed by atoms with E-state index in [0.29, 0.717) is 28.2 Å². The molecule has 168 valence electrons. The number of anilines is 2. The number of thioether (sulfide) groups is 1. The summed E-state index contributed by atoms with van der Waals surface area (Å²) < 4.78 is 1.81. The Balaban J connectivity index is 1.58. The summed E-state index contributed by atoms with van der Waals surface area (Å²) in [5, 5.41) is 15.1. The Bertz CT molecular complexity index is 1100. The first-order valence-electron chi connectivity index (χ1n) is 10.1. The average Bonchev–Trinajstić information content (AvgIpc) is 3.17. The third kappa shape index (κ3) is 6.25. The molecule has 1 heterocycles. The van der Waals surface area contributed by atoms with Crippen LogP contribution in [0, 0.1) is 0 Å². The van der Waals surface area contributed by atoms with E-state index in [4.69, 9.17) is 23.2 Å². The summed E-state index contributed by atoms with van der Waals surface area (Å²) in [5.41, 5.74) is 2.40. The van der Waals surface area contributed by atoms with Gasteiger partial charge in [0.15, 0.2) is 5.16 Å². The number of halogens is 2. The number of hydrogen-bond acceptors (Lipinski definition) is 5. The molecule has 0 bridgehead atoms. The van der Waals surface area contributed by atoms with Crippen LogP contribution in [0.4, 0.5) is 11.4 Å². The average molecular weight is 492 g/mol. The monoisotopic (exact) mass is 491 g/mol. The van der Waals surface area contributed by atoms with Crippen LogP contribution in [-0.2, 0) is 29.0 Å². The summed E-state index contributed by atoms with van der Waals surface area (Å²) in [7, 11) is 0. The van der Waals surface area contributed by atoms with E-state index in [1.807, 2.05) is 35.8 Å². The largest absolute Gasteiger partial charge is 0.325 e. The molecule has 1 aromatic heterocycles. The summed E-state index contributed by atoms with van der Waals surface area (Å²) in [6, 6.07) is 12.8. The number of carbonyl (C=O) groups excluding carboxylic acids is 2. The number of amides is 2. The highest BCUT2D eigenvalue weighted by molar-refractivity contribution is 7.99. The predicted octanol–water partition coefficient (Wildman–Crippen LogP) is 5.08. The van der Waals surface area contributed by atoms with Crippen LogP contribution in [0.5, 0.6) is 0 Å². The number of hydrogen-bond donors (Lipinski definition) is 2. The van der Waals surface area contributed by atoms with Crippen molar-refractivity contribution in [2.45, 2.75) is 38.4 Å². The van der Waals surface area contributed by atoms with Crippen LogP contribution in [-0.4, -0.2) is 32.3 Å². The quantitative estimate of drug-likeness (QED) is 0.407. The van der Waals surface area contributed by atoms with Crippen LogP contribution in [0.3, 0.4) is 0 Å². The Morgan fingerprint density at radius 1 is 1.00 bits per heavy atom. The highest BCUT2D eigenvalue weighted by atomic mass is 35.5. The van der Waals surface area contributed by atoms with Crippen LogP contribution in [0.2, 0.25) is 10.0 Å². The third-order valence-electron chi connectivity index (χ3n) is 4.63. The first-order valence-corrected chi connectivity index (χ1v) is 11.8. The van der Waals surface area contributed by atoms with Gasteiger partial charge in [0.1, 0.15) is 5.82 Å². The molecule has 0 aliphatic rings. The number of nitrogens with one attached hydrogen (secondary N) is 2. The lowest BCUT2D eigenvalue weighted by atomic mass is 10.1. The predicted molar refractivity (Wildman–Crippen MR) is 130 cm³/mol. The van der Waals surface area contributed by atoms with Gasteiger partial charge in [0.2, 0.25) is 11.8 Å². The molecule has 2 amide bonds. The van der Waals surface area contributed by atoms with Crippen LogP contribution in [0.25, 0.3) is 0 Å². The Hall–Kier alpha value is -2.55. The molecule has 0 aliphatic heterocycles. The van der Waals surface area contributed by atoms with E-state index >= 15 is 0 Å². The number of aromatic nitrogens is 3. The zero-order valence-electron chi connectivity index (χ0n) is 17.7. The van der Waals surface area contributed by atoms with E-state index in [-0.39, 0.29) is 29.0 Å². The summed E-state index contributed by atoms with van der Waals surface area (Å²) in [6.45, 7) is 4.58. The number of rotatable bonds is 9. The highest BCUT2D eigenvalue weighted by Crippen LogP contribution is 2.29. The van der Waals surface area contributed by atoms with Crippen molar-refractivity contribution in [2.24, 2.45) is 0 Å². The Kier molecular flexibility index (Phi) is 8.55. The van der Waals surface area contributed by atoms with Crippen LogP contribution >= 0.6 is 35.0 Å². The molecule has 3 aromatic rings. The summed E-state index contributed by atoms with van der Waals surface area (Å²) >= 11 is 13.4. The SMILES string of the molecule is CCc1ccc(NC(=O)CSc2nnc(CC(=O)Nc3cccc(Cl)c3Cl)n2CC)cc1. The second kappa shape index (κ2) is 11.4. The summed E-state index contributed by atoms with van der Waals surface area (Å²) in [4.78, 5) is 24.8. The standard InChI is InChI=1S/C22H23Cl2N5O2S/c1-3-14-8-10-15(11-9-14)25-20(31)13-32-22-28-27-18(29(22)4-2)12-19(30)26-17-7-5-6-16(23)21(17)24/h5-11H,3-4,12-13H2,1-2H3,(H,25,31)(H,26,30). The van der Waals surface area contributed by atoms with Gasteiger partial charge in [-0.05, 0) is 43.2 Å². The topological polar surface area (TPSA) is 88.9 Å². The molecule has 3 rings (SSSR count). The van der Waals surface area contributed by atoms with Gasteiger partial charge in [0.05, 0.1) is 27.9 Å². The van der Waals surface area contributed by atoms with Crippen LogP contribution in [0.1, 0.15) is 25.2 Å². The molecule has 2 N–H and O–H groups in total. The lowest BCUT2D eigenvalue weighted by Gasteiger charge is -2.10. The summed E-state index contributed by atoms with van der Waals surface area (Å²) in [6.07, 6.45) is 0.962. The van der Waals surface area contributed by atoms with E-state index < -0.39 is 0 Å². The van der Waals surface area contributed by atoms with Gasteiger partial charge in [0.25, 0.3) is 0 Å². The molecule has 10 heteroatoms. The first-order chi connectivity index (χ1) is 15.4. The van der Waals surface area contributed by atoms with Gasteiger partial charge < -0.3 is 15.2 Å². The second-order valence-electron chi connectivity index (χ2n) is 6.86. The minimum atomic E-state index is -0.291. The normalized spacial score (nSPS) is 10.8. The fourth-order valence-corrected chi connectivity index (χ4v) is 4.13. The molecule has 0 radical (unpaired) electrons. The molecular formula is C22H23Cl2N5O2S. The fraction of sp³-hybridized carbons (Fsp3) is 0.273. The van der Waals surface area contributed by atoms with Crippen molar-refractivity contribution >= 4 is 58.2 Å². The number of carbonyl (C=O) groups is 2. The molecule has 7 nitrogen and oxygen atoms in total. The molecule has 0 saturated heterocycles. The van der Waals surface area contributed by atoms with Gasteiger partial charge in [-0.3, -0.25) is 9.59 Å². The lowest BCUT2D eigenvalue weighted by molar-refractivity contribution is -0.116. The van der Waals surface area contributed by atoms with Crippen molar-refractivity contribution < 1.29 is 9.59 Å². The minimum Gasteiger partial charge on any atom is -0.325 e. The Labute approximate surface area is 200 Å². The molecule has 2 aromatic carbocycles. The number of aryl methyl sites for hydroxylation is 1. The molecule has 0 unspecified atom stereocenters. The van der Waals surface area contributed by atoms with Crippen molar-refractivity contribution in [3.05, 3.63) is 63.9 Å². The molecular weight excluding hydrogens is 469 g/mol. The fourth-order valence-electron chi connectivity index (χ4n) is 2.96. The molecule has 0 aliphatic carbocycles. The van der Waals surface area contributed by atoms with Crippen molar-refractivity contribution in [3.63, 3.8) is 0 Å². The highest BCUT2D eigenvalue weighted by Gasteiger charge is 2.17. The smallest absolute Gasteiger partial charge is 0.234 e. The summed E-state index contributed by atoms with van der Waals surface area (Å²) in [5.74, 6) is 0.250. The van der Waals surface area contributed by atoms with Crippen molar-refractivity contribution in [1.29, 1.82) is 0 Å². The molecule has 0 saturated carbocycles. The number of nitrogens with zero attached hydrogens (tertiary/aromatic N) is 3. The van der Waals surface area contributed by atoms with Gasteiger partial charge >= 0.3 is 0 Å². The lowest BCUT2D eigenvalue weighted by Crippen LogP contribution is -2.18. The molecule has 0 fully saturated rings. The van der Waals surface area contributed by atoms with E-state index in [2.05, 4.69) is 27.8 Å². The van der Waals surface area contributed by atoms with Crippen LogP contribution < -0.4 is 10.6 Å². The molecule has 0 atom stereocenters. The molecule has 0 spiro atoms. The second-order valence-corrected chi connectivity index (χ2v) is 8.58. The van der Waals surface area contributed by atoms with Crippen molar-refractivity contribution in [1.82, 2.24) is 14.8 Å². The van der Waals surface area contributed by atoms with E-state index in [1.54, 1.807) is 18.2 Å². The van der Waals surface area contributed by atoms with E-state index in [0.717, 1.165) is 12.1 Å². The Morgan fingerprint density at radius 2 is 1.75 bits per heavy atom. The molecule has 32 heavy (non-hydrogen) atoms. The zero-order chi connectivity index (χ0) is 23.1. The van der Waals surface area contributed by atoms with Crippen molar-refractivity contribution in [2.75, 3.05) is 16.4 Å². The van der Waals surface area contributed by atoms with Crippen LogP contribution in [0.15, 0.2) is 47.6 Å². The number of benzene rings is 2. The Morgan fingerprint density at radius 3 is 2.44 bits per heavy atom. The van der Waals surface area contributed by atoms with Gasteiger partial charge in [-0.25, -0.2) is 0 Å². The maximum absolute atomic E-state index is 12.5. The maximum Gasteiger partial charge on any atom is 0.234 e. The first kappa shape index (κ1) is 24.1. The maximum atomic E-state index is 12.5. The van der Waals surface area contributed by atoms with Gasteiger partial charge in [-0.1, -0.05) is 60.1 Å². The van der Waals surface area contributed by atoms with Crippen molar-refractivity contribution in [3.8, 4) is 0 Å². The van der Waals surface area contributed by atoms with Gasteiger partial charge in [-0.15, -0.1) is 10.2 Å². The van der Waals surface area contributed by atoms with E-state index in [9.17, 15) is 9.59 Å². The third-order valence-corrected chi connectivity index (χ3v) is 6.42. The van der Waals surface area contributed by atoms with E-state index in [1.165, 1.54) is 17.3 Å². The van der Waals surface area contributed by atoms with Gasteiger partial charge in [0, 0.05) is 12.2 Å². The zero-order valence-corrected chi connectivity index (χ0v) is 20.0.